The van der Waals surface area contributed by atoms with Crippen LogP contribution in [-0.4, -0.2) is 23.7 Å². The molecule has 0 bridgehead atoms. The number of carbonyl (C=O) groups is 1. The molecule has 3 nitrogen and oxygen atoms in total. The van der Waals surface area contributed by atoms with Crippen LogP contribution in [0, 0.1) is 46.8 Å². The van der Waals surface area contributed by atoms with Crippen molar-refractivity contribution in [2.24, 2.45) is 46.8 Å². The first-order valence-electron chi connectivity index (χ1n) is 15.2. The van der Waals surface area contributed by atoms with Crippen molar-refractivity contribution in [2.45, 2.75) is 137 Å². The third-order valence-electron chi connectivity index (χ3n) is 12.5. The summed E-state index contributed by atoms with van der Waals surface area (Å²) in [6.07, 6.45) is 14.5. The number of ether oxygens (including phenoxy) is 1. The first-order chi connectivity index (χ1) is 16.6. The first kappa shape index (κ1) is 25.8. The fourth-order valence-corrected chi connectivity index (χ4v) is 9.93. The summed E-state index contributed by atoms with van der Waals surface area (Å²) < 4.78 is 7.12. The Morgan fingerprint density at radius 1 is 1.17 bits per heavy atom. The summed E-state index contributed by atoms with van der Waals surface area (Å²) in [5, 5.41) is 3.25. The van der Waals surface area contributed by atoms with Gasteiger partial charge in [-0.2, -0.15) is 0 Å². The van der Waals surface area contributed by atoms with Crippen LogP contribution in [0.15, 0.2) is 11.1 Å². The zero-order valence-electron chi connectivity index (χ0n) is 23.8. The SMILES string of the molecule is CC[C@@H](C)C[C@H]1O[C@]2(CC[C@@H]3C(=C(C)C2)C[C@H]2[C@H]3CC[C@@H]3C[C@@H](NC(C)=O)CC[C@@]32C)[C@H](C)[C@@H]1C. The zero-order chi connectivity index (χ0) is 25.1. The van der Waals surface area contributed by atoms with Crippen LogP contribution in [0.2, 0.25) is 0 Å². The zero-order valence-corrected chi connectivity index (χ0v) is 23.8. The quantitative estimate of drug-likeness (QED) is 0.416. The molecule has 1 saturated heterocycles. The Morgan fingerprint density at radius 3 is 2.66 bits per heavy atom. The van der Waals surface area contributed by atoms with E-state index < -0.39 is 0 Å². The summed E-state index contributed by atoms with van der Waals surface area (Å²) in [4.78, 5) is 11.7. The van der Waals surface area contributed by atoms with Gasteiger partial charge in [-0.3, -0.25) is 4.79 Å². The van der Waals surface area contributed by atoms with Gasteiger partial charge in [-0.1, -0.05) is 52.2 Å². The van der Waals surface area contributed by atoms with Crippen molar-refractivity contribution in [3.05, 3.63) is 11.1 Å². The average molecular weight is 484 g/mol. The Labute approximate surface area is 215 Å². The van der Waals surface area contributed by atoms with Gasteiger partial charge in [-0.15, -0.1) is 0 Å². The maximum absolute atomic E-state index is 11.7. The molecule has 4 aliphatic carbocycles. The summed E-state index contributed by atoms with van der Waals surface area (Å²) in [6.45, 7) is 16.5. The third kappa shape index (κ3) is 4.34. The molecule has 1 aliphatic heterocycles. The molecule has 4 fully saturated rings. The summed E-state index contributed by atoms with van der Waals surface area (Å²) in [5.41, 5.74) is 4.07. The molecule has 0 aromatic heterocycles. The Bertz CT molecular complexity index is 849. The molecule has 35 heavy (non-hydrogen) atoms. The predicted octanol–water partition coefficient (Wildman–Crippen LogP) is 7.69. The van der Waals surface area contributed by atoms with Crippen LogP contribution in [0.25, 0.3) is 0 Å². The first-order valence-corrected chi connectivity index (χ1v) is 15.2. The van der Waals surface area contributed by atoms with E-state index in [1.54, 1.807) is 12.5 Å². The van der Waals surface area contributed by atoms with Crippen LogP contribution in [0.5, 0.6) is 0 Å². The van der Waals surface area contributed by atoms with E-state index in [1.807, 2.05) is 5.57 Å². The normalized spacial score (nSPS) is 48.2. The highest BCUT2D eigenvalue weighted by Gasteiger charge is 2.58. The Morgan fingerprint density at radius 2 is 1.94 bits per heavy atom. The van der Waals surface area contributed by atoms with E-state index in [0.29, 0.717) is 29.4 Å². The molecule has 3 heteroatoms. The second kappa shape index (κ2) is 9.48. The van der Waals surface area contributed by atoms with E-state index in [-0.39, 0.29) is 11.5 Å². The molecular weight excluding hydrogens is 430 g/mol. The summed E-state index contributed by atoms with van der Waals surface area (Å²) >= 11 is 0. The molecule has 11 atom stereocenters. The Kier molecular flexibility index (Phi) is 6.99. The molecule has 3 saturated carbocycles. The summed E-state index contributed by atoms with van der Waals surface area (Å²) in [7, 11) is 0. The number of allylic oxidation sites excluding steroid dienone is 1. The number of amides is 1. The lowest BCUT2D eigenvalue weighted by Gasteiger charge is -2.54. The molecule has 0 aromatic carbocycles. The standard InChI is InChI=1S/C32H53NO2/c1-8-19(2)15-30-21(4)22(5)32(35-30)14-12-26-27-10-9-24-16-25(33-23(6)34)11-13-31(24,7)29(27)17-28(26)20(3)18-32/h19,21-22,24-27,29-30H,8-18H2,1-7H3,(H,33,34)/t19-,21+,22-,24-,25+,26+,27+,29+,30-,31+,32+/m1/s1. The maximum atomic E-state index is 11.7. The van der Waals surface area contributed by atoms with E-state index in [0.717, 1.165) is 29.6 Å². The third-order valence-corrected chi connectivity index (χ3v) is 12.5. The van der Waals surface area contributed by atoms with Gasteiger partial charge in [0.2, 0.25) is 5.91 Å². The molecule has 1 amide bonds. The summed E-state index contributed by atoms with van der Waals surface area (Å²) in [6, 6.07) is 0.404. The van der Waals surface area contributed by atoms with Crippen molar-refractivity contribution < 1.29 is 9.53 Å². The number of nitrogens with one attached hydrogen (secondary N) is 1. The Hall–Kier alpha value is -0.830. The van der Waals surface area contributed by atoms with Gasteiger partial charge >= 0.3 is 0 Å². The maximum Gasteiger partial charge on any atom is 0.217 e. The molecule has 0 aromatic rings. The largest absolute Gasteiger partial charge is 0.371 e. The van der Waals surface area contributed by atoms with Crippen LogP contribution in [0.3, 0.4) is 0 Å². The van der Waals surface area contributed by atoms with Gasteiger partial charge in [0.15, 0.2) is 0 Å². The number of fused-ring (bicyclic) bond motifs is 5. The molecular formula is C32H53NO2. The van der Waals surface area contributed by atoms with Crippen molar-refractivity contribution in [1.82, 2.24) is 5.32 Å². The highest BCUT2D eigenvalue weighted by molar-refractivity contribution is 5.73. The molecule has 1 N–H and O–H groups in total. The fourth-order valence-electron chi connectivity index (χ4n) is 9.93. The number of hydrogen-bond acceptors (Lipinski definition) is 2. The predicted molar refractivity (Wildman–Crippen MR) is 144 cm³/mol. The topological polar surface area (TPSA) is 38.3 Å². The highest BCUT2D eigenvalue weighted by atomic mass is 16.5. The van der Waals surface area contributed by atoms with Crippen molar-refractivity contribution in [2.75, 3.05) is 0 Å². The van der Waals surface area contributed by atoms with Crippen molar-refractivity contribution in [1.29, 1.82) is 0 Å². The summed E-state index contributed by atoms with van der Waals surface area (Å²) in [5.74, 6) is 5.52. The molecule has 0 radical (unpaired) electrons. The molecule has 1 heterocycles. The lowest BCUT2D eigenvalue weighted by Crippen LogP contribution is -2.50. The smallest absolute Gasteiger partial charge is 0.217 e. The van der Waals surface area contributed by atoms with Crippen LogP contribution >= 0.6 is 0 Å². The molecule has 1 spiro atoms. The average Bonchev–Trinajstić information content (AvgIpc) is 3.25. The van der Waals surface area contributed by atoms with Crippen molar-refractivity contribution in [3.8, 4) is 0 Å². The van der Waals surface area contributed by atoms with Crippen LogP contribution in [-0.2, 0) is 9.53 Å². The minimum absolute atomic E-state index is 0.0754. The Balaban J connectivity index is 1.34. The molecule has 5 aliphatic rings. The van der Waals surface area contributed by atoms with Gasteiger partial charge in [0.25, 0.3) is 0 Å². The molecule has 5 rings (SSSR count). The molecule has 198 valence electrons. The van der Waals surface area contributed by atoms with Crippen molar-refractivity contribution >= 4 is 5.91 Å². The van der Waals surface area contributed by atoms with Crippen LogP contribution in [0.4, 0.5) is 0 Å². The van der Waals surface area contributed by atoms with Gasteiger partial charge in [0, 0.05) is 13.0 Å². The van der Waals surface area contributed by atoms with Gasteiger partial charge in [-0.05, 0) is 118 Å². The van der Waals surface area contributed by atoms with Crippen LogP contribution in [0.1, 0.15) is 119 Å². The fraction of sp³-hybridized carbons (Fsp3) is 0.906. The highest BCUT2D eigenvalue weighted by Crippen LogP contribution is 2.65. The van der Waals surface area contributed by atoms with E-state index in [9.17, 15) is 4.79 Å². The lowest BCUT2D eigenvalue weighted by molar-refractivity contribution is -0.121. The number of rotatable bonds is 4. The van der Waals surface area contributed by atoms with Gasteiger partial charge in [0.05, 0.1) is 11.7 Å². The van der Waals surface area contributed by atoms with E-state index in [4.69, 9.17) is 4.74 Å². The van der Waals surface area contributed by atoms with Gasteiger partial charge < -0.3 is 10.1 Å². The van der Waals surface area contributed by atoms with Crippen molar-refractivity contribution in [3.63, 3.8) is 0 Å². The second-order valence-electron chi connectivity index (χ2n) is 14.2. The van der Waals surface area contributed by atoms with E-state index >= 15 is 0 Å². The minimum atomic E-state index is 0.0754. The second-order valence-corrected chi connectivity index (χ2v) is 14.2. The monoisotopic (exact) mass is 483 g/mol. The van der Waals surface area contributed by atoms with Gasteiger partial charge in [0.1, 0.15) is 0 Å². The van der Waals surface area contributed by atoms with E-state index in [1.165, 1.54) is 70.6 Å². The van der Waals surface area contributed by atoms with Gasteiger partial charge in [-0.25, -0.2) is 0 Å². The van der Waals surface area contributed by atoms with E-state index in [2.05, 4.69) is 46.9 Å². The van der Waals surface area contributed by atoms with Crippen LogP contribution < -0.4 is 5.32 Å². The number of carbonyl (C=O) groups excluding carboxylic acids is 1. The lowest BCUT2D eigenvalue weighted by atomic mass is 9.52. The molecule has 0 unspecified atom stereocenters. The minimum Gasteiger partial charge on any atom is -0.371 e. The number of hydrogen-bond donors (Lipinski definition) is 1.